The molecular weight excluding hydrogens is 354 g/mol. The molecule has 0 saturated carbocycles. The predicted octanol–water partition coefficient (Wildman–Crippen LogP) is 3.61. The predicted molar refractivity (Wildman–Crippen MR) is 106 cm³/mol. The van der Waals surface area contributed by atoms with E-state index in [-0.39, 0.29) is 11.9 Å². The fourth-order valence-electron chi connectivity index (χ4n) is 3.79. The fourth-order valence-corrected chi connectivity index (χ4v) is 3.79. The third-order valence-electron chi connectivity index (χ3n) is 5.33. The van der Waals surface area contributed by atoms with Crippen LogP contribution in [-0.4, -0.2) is 25.5 Å². The van der Waals surface area contributed by atoms with E-state index in [1.807, 2.05) is 12.1 Å². The highest BCUT2D eigenvalue weighted by Gasteiger charge is 2.16. The Labute approximate surface area is 163 Å². The van der Waals surface area contributed by atoms with Gasteiger partial charge in [0.1, 0.15) is 5.58 Å². The van der Waals surface area contributed by atoms with Gasteiger partial charge in [0.25, 0.3) is 0 Å². The van der Waals surface area contributed by atoms with Crippen molar-refractivity contribution in [3.05, 3.63) is 70.5 Å². The smallest absolute Gasteiger partial charge is 0.337 e. The molecule has 0 saturated heterocycles. The average Bonchev–Trinajstić information content (AvgIpc) is 3.32. The number of carbonyl (C=O) groups excluding carboxylic acids is 2. The number of rotatable bonds is 6. The first-order valence-corrected chi connectivity index (χ1v) is 9.60. The van der Waals surface area contributed by atoms with Gasteiger partial charge in [-0.3, -0.25) is 4.79 Å². The first-order chi connectivity index (χ1) is 13.6. The Kier molecular flexibility index (Phi) is 5.15. The van der Waals surface area contributed by atoms with Crippen molar-refractivity contribution in [2.24, 2.45) is 0 Å². The van der Waals surface area contributed by atoms with Gasteiger partial charge in [-0.25, -0.2) is 4.79 Å². The van der Waals surface area contributed by atoms with Crippen molar-refractivity contribution < 1.29 is 18.7 Å². The molecular formula is C23H23NO4. The molecule has 0 fully saturated rings. The van der Waals surface area contributed by atoms with E-state index in [4.69, 9.17) is 9.15 Å². The third-order valence-corrected chi connectivity index (χ3v) is 5.33. The second-order valence-corrected chi connectivity index (χ2v) is 7.20. The van der Waals surface area contributed by atoms with E-state index in [9.17, 15) is 9.59 Å². The first-order valence-electron chi connectivity index (χ1n) is 9.60. The second-order valence-electron chi connectivity index (χ2n) is 7.20. The topological polar surface area (TPSA) is 68.5 Å². The Morgan fingerprint density at radius 3 is 2.61 bits per heavy atom. The highest BCUT2D eigenvalue weighted by molar-refractivity contribution is 5.89. The summed E-state index contributed by atoms with van der Waals surface area (Å²) < 4.78 is 10.4. The maximum atomic E-state index is 12.3. The van der Waals surface area contributed by atoms with Crippen molar-refractivity contribution in [3.63, 3.8) is 0 Å². The summed E-state index contributed by atoms with van der Waals surface area (Å²) in [6.07, 6.45) is 6.13. The minimum atomic E-state index is -0.349. The lowest BCUT2D eigenvalue weighted by Gasteiger charge is -2.06. The second kappa shape index (κ2) is 7.89. The lowest BCUT2D eigenvalue weighted by Crippen LogP contribution is -2.27. The lowest BCUT2D eigenvalue weighted by atomic mass is 10.0. The van der Waals surface area contributed by atoms with E-state index in [1.165, 1.54) is 24.7 Å². The van der Waals surface area contributed by atoms with E-state index in [0.717, 1.165) is 34.9 Å². The Balaban J connectivity index is 1.32. The molecule has 0 unspecified atom stereocenters. The molecule has 4 rings (SSSR count). The summed E-state index contributed by atoms with van der Waals surface area (Å²) in [6.45, 7) is 0.543. The van der Waals surface area contributed by atoms with Crippen molar-refractivity contribution in [3.8, 4) is 0 Å². The Bertz CT molecular complexity index is 1020. The SMILES string of the molecule is COC(=O)c1ccc(CCNC(=O)Cc2coc3cc4c(cc23)CCC4)cc1. The van der Waals surface area contributed by atoms with Gasteiger partial charge >= 0.3 is 5.97 Å². The molecule has 144 valence electrons. The zero-order valence-electron chi connectivity index (χ0n) is 15.9. The van der Waals surface area contributed by atoms with Crippen molar-refractivity contribution in [1.82, 2.24) is 5.32 Å². The van der Waals surface area contributed by atoms with Crippen LogP contribution in [0.3, 0.4) is 0 Å². The number of methoxy groups -OCH3 is 1. The van der Waals surface area contributed by atoms with Crippen LogP contribution in [0, 0.1) is 0 Å². The van der Waals surface area contributed by atoms with Gasteiger partial charge in [0.15, 0.2) is 0 Å². The molecule has 5 nitrogen and oxygen atoms in total. The quantitative estimate of drug-likeness (QED) is 0.667. The summed E-state index contributed by atoms with van der Waals surface area (Å²) in [5.74, 6) is -0.368. The molecule has 28 heavy (non-hydrogen) atoms. The minimum absolute atomic E-state index is 0.0191. The molecule has 1 heterocycles. The van der Waals surface area contributed by atoms with Gasteiger partial charge in [-0.1, -0.05) is 12.1 Å². The van der Waals surface area contributed by atoms with Crippen LogP contribution in [0.1, 0.15) is 39.0 Å². The van der Waals surface area contributed by atoms with E-state index in [1.54, 1.807) is 18.4 Å². The van der Waals surface area contributed by atoms with Gasteiger partial charge < -0.3 is 14.5 Å². The third kappa shape index (κ3) is 3.79. The molecule has 5 heteroatoms. The van der Waals surface area contributed by atoms with Gasteiger partial charge in [-0.2, -0.15) is 0 Å². The van der Waals surface area contributed by atoms with E-state index >= 15 is 0 Å². The summed E-state index contributed by atoms with van der Waals surface area (Å²) in [4.78, 5) is 23.8. The van der Waals surface area contributed by atoms with Gasteiger partial charge in [-0.15, -0.1) is 0 Å². The van der Waals surface area contributed by atoms with Crippen molar-refractivity contribution in [2.75, 3.05) is 13.7 Å². The van der Waals surface area contributed by atoms with Crippen LogP contribution in [0.4, 0.5) is 0 Å². The number of aryl methyl sites for hydroxylation is 2. The van der Waals surface area contributed by atoms with E-state index in [2.05, 4.69) is 17.4 Å². The molecule has 0 spiro atoms. The monoisotopic (exact) mass is 377 g/mol. The molecule has 0 atom stereocenters. The Hall–Kier alpha value is -3.08. The molecule has 0 bridgehead atoms. The summed E-state index contributed by atoms with van der Waals surface area (Å²) in [6, 6.07) is 11.5. The molecule has 1 amide bonds. The van der Waals surface area contributed by atoms with Crippen LogP contribution >= 0.6 is 0 Å². The van der Waals surface area contributed by atoms with Gasteiger partial charge in [0.05, 0.1) is 25.4 Å². The summed E-state index contributed by atoms with van der Waals surface area (Å²) in [5.41, 5.74) is 6.13. The molecule has 1 N–H and O–H groups in total. The maximum Gasteiger partial charge on any atom is 0.337 e. The van der Waals surface area contributed by atoms with Crippen LogP contribution in [0.2, 0.25) is 0 Å². The standard InChI is InChI=1S/C23H23NO4/c1-27-23(26)16-7-5-15(6-8-16)9-10-24-22(25)13-19-14-28-21-12-18-4-2-3-17(18)11-20(19)21/h5-8,11-12,14H,2-4,9-10,13H2,1H3,(H,24,25). The molecule has 1 aromatic heterocycles. The van der Waals surface area contributed by atoms with Crippen molar-refractivity contribution in [1.29, 1.82) is 0 Å². The summed E-state index contributed by atoms with van der Waals surface area (Å²) in [7, 11) is 1.36. The number of fused-ring (bicyclic) bond motifs is 2. The molecule has 3 aromatic rings. The molecule has 1 aliphatic carbocycles. The molecule has 0 radical (unpaired) electrons. The van der Waals surface area contributed by atoms with E-state index < -0.39 is 0 Å². The first kappa shape index (κ1) is 18.3. The number of nitrogens with one attached hydrogen (secondary N) is 1. The van der Waals surface area contributed by atoms with Crippen molar-refractivity contribution in [2.45, 2.75) is 32.1 Å². The number of amides is 1. The fraction of sp³-hybridized carbons (Fsp3) is 0.304. The number of hydrogen-bond donors (Lipinski definition) is 1. The van der Waals surface area contributed by atoms with Crippen LogP contribution in [0.15, 0.2) is 47.1 Å². The van der Waals surface area contributed by atoms with Crippen LogP contribution in [-0.2, 0) is 35.2 Å². The zero-order chi connectivity index (χ0) is 19.5. The van der Waals surface area contributed by atoms with Crippen molar-refractivity contribution >= 4 is 22.8 Å². The Morgan fingerprint density at radius 2 is 1.86 bits per heavy atom. The van der Waals surface area contributed by atoms with Crippen LogP contribution in [0.5, 0.6) is 0 Å². The minimum Gasteiger partial charge on any atom is -0.465 e. The van der Waals surface area contributed by atoms with Crippen LogP contribution < -0.4 is 5.32 Å². The van der Waals surface area contributed by atoms with E-state index in [0.29, 0.717) is 24.9 Å². The highest BCUT2D eigenvalue weighted by atomic mass is 16.5. The largest absolute Gasteiger partial charge is 0.465 e. The lowest BCUT2D eigenvalue weighted by molar-refractivity contribution is -0.120. The molecule has 0 aliphatic heterocycles. The number of ether oxygens (including phenoxy) is 1. The number of furan rings is 1. The van der Waals surface area contributed by atoms with Gasteiger partial charge in [0, 0.05) is 17.5 Å². The number of esters is 1. The summed E-state index contributed by atoms with van der Waals surface area (Å²) in [5, 5.41) is 4.01. The maximum absolute atomic E-state index is 12.3. The number of hydrogen-bond acceptors (Lipinski definition) is 4. The van der Waals surface area contributed by atoms with Gasteiger partial charge in [-0.05, 0) is 66.6 Å². The zero-order valence-corrected chi connectivity index (χ0v) is 15.9. The number of benzene rings is 2. The Morgan fingerprint density at radius 1 is 1.11 bits per heavy atom. The molecule has 2 aromatic carbocycles. The number of carbonyl (C=O) groups is 2. The van der Waals surface area contributed by atoms with Crippen LogP contribution in [0.25, 0.3) is 11.0 Å². The summed E-state index contributed by atoms with van der Waals surface area (Å²) >= 11 is 0. The average molecular weight is 377 g/mol. The van der Waals surface area contributed by atoms with Gasteiger partial charge in [0.2, 0.25) is 5.91 Å². The molecule has 1 aliphatic rings. The highest BCUT2D eigenvalue weighted by Crippen LogP contribution is 2.30. The normalized spacial score (nSPS) is 12.8.